The normalized spacial score (nSPS) is 24.3. The molecule has 9 heavy (non-hydrogen) atoms. The first-order chi connectivity index (χ1) is 4.43. The zero-order chi connectivity index (χ0) is 6.53. The SMILES string of the molecule is COCCOCC1CS1. The standard InChI is InChI=1S/C6H12O2S/c1-7-2-3-8-4-6-5-9-6/h6H,2-5H2,1H3. The molecule has 1 unspecified atom stereocenters. The van der Waals surface area contributed by atoms with Crippen molar-refractivity contribution in [3.63, 3.8) is 0 Å². The first-order valence-corrected chi connectivity index (χ1v) is 4.16. The van der Waals surface area contributed by atoms with Crippen LogP contribution in [0.2, 0.25) is 0 Å². The highest BCUT2D eigenvalue weighted by Gasteiger charge is 2.21. The lowest BCUT2D eigenvalue weighted by Gasteiger charge is -1.99. The average Bonchev–Trinajstić information content (AvgIpc) is 2.63. The minimum Gasteiger partial charge on any atom is -0.382 e. The van der Waals surface area contributed by atoms with E-state index in [4.69, 9.17) is 9.47 Å². The molecular weight excluding hydrogens is 136 g/mol. The Hall–Kier alpha value is 0.270. The van der Waals surface area contributed by atoms with Gasteiger partial charge in [0.15, 0.2) is 0 Å². The minimum absolute atomic E-state index is 0.720. The van der Waals surface area contributed by atoms with Crippen LogP contribution in [0, 0.1) is 0 Å². The van der Waals surface area contributed by atoms with E-state index in [0.29, 0.717) is 0 Å². The highest BCUT2D eigenvalue weighted by molar-refractivity contribution is 8.06. The van der Waals surface area contributed by atoms with Crippen molar-refractivity contribution < 1.29 is 9.47 Å². The van der Waals surface area contributed by atoms with Crippen molar-refractivity contribution >= 4 is 11.8 Å². The quantitative estimate of drug-likeness (QED) is 0.424. The lowest BCUT2D eigenvalue weighted by Crippen LogP contribution is -2.05. The molecule has 1 heterocycles. The van der Waals surface area contributed by atoms with E-state index in [1.165, 1.54) is 5.75 Å². The Kier molecular flexibility index (Phi) is 3.40. The van der Waals surface area contributed by atoms with E-state index in [-0.39, 0.29) is 0 Å². The van der Waals surface area contributed by atoms with E-state index in [1.54, 1.807) is 7.11 Å². The van der Waals surface area contributed by atoms with Gasteiger partial charge < -0.3 is 9.47 Å². The van der Waals surface area contributed by atoms with E-state index in [2.05, 4.69) is 0 Å². The molecule has 1 atom stereocenters. The molecule has 1 aliphatic heterocycles. The predicted octanol–water partition coefficient (Wildman–Crippen LogP) is 0.765. The van der Waals surface area contributed by atoms with Crippen molar-refractivity contribution in [1.29, 1.82) is 0 Å². The van der Waals surface area contributed by atoms with Gasteiger partial charge >= 0.3 is 0 Å². The van der Waals surface area contributed by atoms with E-state index in [1.807, 2.05) is 11.8 Å². The zero-order valence-electron chi connectivity index (χ0n) is 5.63. The molecule has 54 valence electrons. The van der Waals surface area contributed by atoms with Crippen molar-refractivity contribution in [2.45, 2.75) is 5.25 Å². The Labute approximate surface area is 59.9 Å². The van der Waals surface area contributed by atoms with E-state index in [9.17, 15) is 0 Å². The smallest absolute Gasteiger partial charge is 0.0700 e. The molecule has 1 aliphatic rings. The largest absolute Gasteiger partial charge is 0.382 e. The van der Waals surface area contributed by atoms with Crippen molar-refractivity contribution in [1.82, 2.24) is 0 Å². The summed E-state index contributed by atoms with van der Waals surface area (Å²) in [7, 11) is 1.69. The van der Waals surface area contributed by atoms with Gasteiger partial charge in [0.1, 0.15) is 0 Å². The predicted molar refractivity (Wildman–Crippen MR) is 38.9 cm³/mol. The number of methoxy groups -OCH3 is 1. The molecule has 0 aromatic rings. The molecule has 1 fully saturated rings. The summed E-state index contributed by atoms with van der Waals surface area (Å²) in [5.74, 6) is 1.28. The Morgan fingerprint density at radius 3 is 2.89 bits per heavy atom. The summed E-state index contributed by atoms with van der Waals surface area (Å²) in [5, 5.41) is 0.793. The monoisotopic (exact) mass is 148 g/mol. The van der Waals surface area contributed by atoms with E-state index >= 15 is 0 Å². The first-order valence-electron chi connectivity index (χ1n) is 3.12. The second-order valence-corrected chi connectivity index (χ2v) is 3.36. The Balaban J connectivity index is 1.71. The molecular formula is C6H12O2S. The average molecular weight is 148 g/mol. The molecule has 0 aliphatic carbocycles. The summed E-state index contributed by atoms with van der Waals surface area (Å²) < 4.78 is 10.1. The van der Waals surface area contributed by atoms with Crippen LogP contribution in [0.4, 0.5) is 0 Å². The highest BCUT2D eigenvalue weighted by Crippen LogP contribution is 2.29. The van der Waals surface area contributed by atoms with Gasteiger partial charge in [0, 0.05) is 18.1 Å². The molecule has 0 aromatic heterocycles. The molecule has 0 radical (unpaired) electrons. The summed E-state index contributed by atoms with van der Waals surface area (Å²) >= 11 is 1.96. The van der Waals surface area contributed by atoms with Crippen LogP contribution >= 0.6 is 11.8 Å². The molecule has 3 heteroatoms. The second kappa shape index (κ2) is 4.14. The van der Waals surface area contributed by atoms with Crippen LogP contribution in [-0.2, 0) is 9.47 Å². The molecule has 0 bridgehead atoms. The van der Waals surface area contributed by atoms with Gasteiger partial charge in [0.2, 0.25) is 0 Å². The maximum Gasteiger partial charge on any atom is 0.0700 e. The van der Waals surface area contributed by atoms with Crippen molar-refractivity contribution in [2.75, 3.05) is 32.7 Å². The number of thioether (sulfide) groups is 1. The fraction of sp³-hybridized carbons (Fsp3) is 1.00. The molecule has 0 saturated carbocycles. The number of hydrogen-bond acceptors (Lipinski definition) is 3. The van der Waals surface area contributed by atoms with Gasteiger partial charge in [0.25, 0.3) is 0 Å². The molecule has 2 nitrogen and oxygen atoms in total. The van der Waals surface area contributed by atoms with Crippen LogP contribution < -0.4 is 0 Å². The van der Waals surface area contributed by atoms with E-state index in [0.717, 1.165) is 25.1 Å². The van der Waals surface area contributed by atoms with Gasteiger partial charge in [-0.25, -0.2) is 0 Å². The summed E-state index contributed by atoms with van der Waals surface area (Å²) in [5.41, 5.74) is 0. The summed E-state index contributed by atoms with van der Waals surface area (Å²) in [4.78, 5) is 0. The van der Waals surface area contributed by atoms with Crippen molar-refractivity contribution in [3.8, 4) is 0 Å². The topological polar surface area (TPSA) is 18.5 Å². The van der Waals surface area contributed by atoms with Crippen LogP contribution in [0.1, 0.15) is 0 Å². The maximum atomic E-state index is 5.25. The van der Waals surface area contributed by atoms with Crippen LogP contribution in [0.15, 0.2) is 0 Å². The van der Waals surface area contributed by atoms with Crippen molar-refractivity contribution in [2.24, 2.45) is 0 Å². The molecule has 0 N–H and O–H groups in total. The third-order valence-corrected chi connectivity index (χ3v) is 2.08. The molecule has 0 spiro atoms. The van der Waals surface area contributed by atoms with Crippen LogP contribution in [0.5, 0.6) is 0 Å². The molecule has 0 amide bonds. The van der Waals surface area contributed by atoms with Crippen LogP contribution in [0.3, 0.4) is 0 Å². The van der Waals surface area contributed by atoms with Crippen molar-refractivity contribution in [3.05, 3.63) is 0 Å². The lowest BCUT2D eigenvalue weighted by atomic mass is 10.5. The summed E-state index contributed by atoms with van der Waals surface area (Å²) in [6, 6.07) is 0. The Bertz CT molecular complexity index is 73.5. The number of hydrogen-bond donors (Lipinski definition) is 0. The number of ether oxygens (including phenoxy) is 2. The highest BCUT2D eigenvalue weighted by atomic mass is 32.2. The minimum atomic E-state index is 0.720. The Morgan fingerprint density at radius 2 is 2.33 bits per heavy atom. The second-order valence-electron chi connectivity index (χ2n) is 2.02. The third kappa shape index (κ3) is 3.78. The lowest BCUT2D eigenvalue weighted by molar-refractivity contribution is 0.0748. The summed E-state index contributed by atoms with van der Waals surface area (Å²) in [6.07, 6.45) is 0. The third-order valence-electron chi connectivity index (χ3n) is 1.14. The van der Waals surface area contributed by atoms with Crippen LogP contribution in [-0.4, -0.2) is 37.9 Å². The van der Waals surface area contributed by atoms with E-state index < -0.39 is 0 Å². The number of rotatable bonds is 5. The Morgan fingerprint density at radius 1 is 1.56 bits per heavy atom. The summed E-state index contributed by atoms with van der Waals surface area (Å²) in [6.45, 7) is 2.37. The van der Waals surface area contributed by atoms with Gasteiger partial charge in [-0.2, -0.15) is 11.8 Å². The molecule has 1 rings (SSSR count). The van der Waals surface area contributed by atoms with Gasteiger partial charge in [-0.15, -0.1) is 0 Å². The molecule has 1 saturated heterocycles. The fourth-order valence-electron chi connectivity index (χ4n) is 0.521. The van der Waals surface area contributed by atoms with Gasteiger partial charge in [-0.1, -0.05) is 0 Å². The van der Waals surface area contributed by atoms with Gasteiger partial charge in [-0.3, -0.25) is 0 Å². The van der Waals surface area contributed by atoms with Crippen LogP contribution in [0.25, 0.3) is 0 Å². The zero-order valence-corrected chi connectivity index (χ0v) is 6.45. The van der Waals surface area contributed by atoms with Gasteiger partial charge in [-0.05, 0) is 0 Å². The maximum absolute atomic E-state index is 5.25. The van der Waals surface area contributed by atoms with Gasteiger partial charge in [0.05, 0.1) is 19.8 Å². The fourth-order valence-corrected chi connectivity index (χ4v) is 0.946. The molecule has 0 aromatic carbocycles. The first kappa shape index (κ1) is 7.38.